The third-order valence-corrected chi connectivity index (χ3v) is 8.24. The molecule has 0 aromatic heterocycles. The van der Waals surface area contributed by atoms with Crippen LogP contribution in [0.2, 0.25) is 0 Å². The number of Topliss-reactive ketones (excluding diaryl/α,β-unsaturated/α-hetero) is 1. The van der Waals surface area contributed by atoms with E-state index >= 15 is 0 Å². The maximum atomic E-state index is 13.7. The summed E-state index contributed by atoms with van der Waals surface area (Å²) in [6.45, 7) is 5.55. The number of likely N-dealkylation sites (N-methyl/N-ethyl adjacent to an activating group) is 1. The van der Waals surface area contributed by atoms with E-state index in [1.807, 2.05) is 26.0 Å². The summed E-state index contributed by atoms with van der Waals surface area (Å²) in [6, 6.07) is 0. The molecule has 0 heterocycles. The first kappa shape index (κ1) is 39.5. The van der Waals surface area contributed by atoms with E-state index in [0.717, 1.165) is 38.5 Å². The zero-order valence-corrected chi connectivity index (χ0v) is 27.7. The molecule has 1 atom stereocenters. The van der Waals surface area contributed by atoms with Crippen LogP contribution in [0.4, 0.5) is 0 Å². The molecule has 0 fully saturated rings. The van der Waals surface area contributed by atoms with Crippen LogP contribution in [-0.2, 0) is 14.4 Å². The van der Waals surface area contributed by atoms with Crippen LogP contribution < -0.4 is 0 Å². The van der Waals surface area contributed by atoms with Crippen molar-refractivity contribution in [3.63, 3.8) is 0 Å². The lowest BCUT2D eigenvalue weighted by Crippen LogP contribution is -2.64. The highest BCUT2D eigenvalue weighted by Crippen LogP contribution is 2.27. The number of nitrogens with zero attached hydrogens (tertiary/aromatic N) is 2. The van der Waals surface area contributed by atoms with Crippen molar-refractivity contribution in [1.82, 2.24) is 4.90 Å². The number of carbonyl (C=O) groups is 3. The first-order chi connectivity index (χ1) is 19.5. The van der Waals surface area contributed by atoms with Crippen LogP contribution in [0.3, 0.4) is 0 Å². The third kappa shape index (κ3) is 19.4. The highest BCUT2D eigenvalue weighted by atomic mass is 16.4. The van der Waals surface area contributed by atoms with Gasteiger partial charge >= 0.3 is 11.9 Å². The van der Waals surface area contributed by atoms with Crippen LogP contribution in [0.1, 0.15) is 155 Å². The summed E-state index contributed by atoms with van der Waals surface area (Å²) in [4.78, 5) is 40.0. The Morgan fingerprint density at radius 3 is 1.22 bits per heavy atom. The molecule has 0 aliphatic carbocycles. The van der Waals surface area contributed by atoms with E-state index in [-0.39, 0.29) is 25.2 Å². The zero-order valence-electron chi connectivity index (χ0n) is 27.7. The lowest BCUT2D eigenvalue weighted by Gasteiger charge is -2.40. The lowest BCUT2D eigenvalue weighted by atomic mass is 9.85. The van der Waals surface area contributed by atoms with Crippen molar-refractivity contribution >= 4 is 17.7 Å². The van der Waals surface area contributed by atoms with Crippen molar-refractivity contribution in [2.75, 3.05) is 40.8 Å². The predicted octanol–water partition coefficient (Wildman–Crippen LogP) is 8.09. The van der Waals surface area contributed by atoms with Crippen LogP contribution in [0.25, 0.3) is 0 Å². The van der Waals surface area contributed by atoms with Crippen molar-refractivity contribution in [1.29, 1.82) is 0 Å². The molecule has 0 spiro atoms. The van der Waals surface area contributed by atoms with Gasteiger partial charge in [0.1, 0.15) is 6.54 Å². The number of carbonyl (C=O) groups excluding carboxylic acids is 1. The smallest absolute Gasteiger partial charge is 0.332 e. The first-order valence-electron chi connectivity index (χ1n) is 17.0. The van der Waals surface area contributed by atoms with Crippen LogP contribution in [0.15, 0.2) is 0 Å². The fourth-order valence-electron chi connectivity index (χ4n) is 5.76. The molecule has 0 aliphatic heterocycles. The molecule has 0 unspecified atom stereocenters. The van der Waals surface area contributed by atoms with E-state index in [0.29, 0.717) is 17.6 Å². The number of unbranched alkanes of at least 4 members (excludes halogenated alkanes) is 18. The summed E-state index contributed by atoms with van der Waals surface area (Å²) < 4.78 is 0.311. The average Bonchev–Trinajstić information content (AvgIpc) is 2.89. The quantitative estimate of drug-likeness (QED) is 0.0504. The van der Waals surface area contributed by atoms with Crippen LogP contribution in [-0.4, -0.2) is 83.6 Å². The maximum Gasteiger partial charge on any atom is 0.332 e. The summed E-state index contributed by atoms with van der Waals surface area (Å²) in [5.41, 5.74) is -1.79. The van der Waals surface area contributed by atoms with Gasteiger partial charge in [-0.1, -0.05) is 129 Å². The Kier molecular flexibility index (Phi) is 23.2. The Bertz CT molecular complexity index is 667. The van der Waals surface area contributed by atoms with Gasteiger partial charge in [-0.15, -0.1) is 0 Å². The van der Waals surface area contributed by atoms with E-state index in [9.17, 15) is 24.6 Å². The van der Waals surface area contributed by atoms with Crippen molar-refractivity contribution < 1.29 is 29.1 Å². The molecule has 0 saturated heterocycles. The molecule has 242 valence electrons. The van der Waals surface area contributed by atoms with Gasteiger partial charge in [0.25, 0.3) is 0 Å². The molecule has 0 rings (SSSR count). The Labute approximate surface area is 253 Å². The van der Waals surface area contributed by atoms with Gasteiger partial charge in [-0.2, -0.15) is 0 Å². The maximum absolute atomic E-state index is 13.7. The molecular formula is C34H67N2O5+. The van der Waals surface area contributed by atoms with Crippen LogP contribution in [0, 0.1) is 0 Å². The van der Waals surface area contributed by atoms with Gasteiger partial charge in [-0.25, -0.2) is 4.79 Å². The number of hydrogen-bond donors (Lipinski definition) is 2. The Morgan fingerprint density at radius 1 is 0.585 bits per heavy atom. The first-order valence-corrected chi connectivity index (χ1v) is 17.0. The topological polar surface area (TPSA) is 94.9 Å². The minimum absolute atomic E-state index is 0.0540. The molecule has 0 radical (unpaired) electrons. The van der Waals surface area contributed by atoms with Crippen LogP contribution >= 0.6 is 0 Å². The summed E-state index contributed by atoms with van der Waals surface area (Å²) in [5, 5.41) is 20.0. The van der Waals surface area contributed by atoms with E-state index in [4.69, 9.17) is 0 Å². The summed E-state index contributed by atoms with van der Waals surface area (Å²) in [7, 11) is 5.61. The van der Waals surface area contributed by atoms with E-state index < -0.39 is 17.5 Å². The van der Waals surface area contributed by atoms with Crippen molar-refractivity contribution in [3.8, 4) is 0 Å². The molecule has 0 aromatic carbocycles. The number of hydrogen-bond acceptors (Lipinski definition) is 4. The summed E-state index contributed by atoms with van der Waals surface area (Å²) >= 11 is 0. The number of quaternary nitrogens is 1. The molecule has 41 heavy (non-hydrogen) atoms. The van der Waals surface area contributed by atoms with Gasteiger partial charge in [-0.3, -0.25) is 14.5 Å². The van der Waals surface area contributed by atoms with Gasteiger partial charge in [0.15, 0.2) is 5.54 Å². The van der Waals surface area contributed by atoms with Gasteiger partial charge < -0.3 is 14.7 Å². The largest absolute Gasteiger partial charge is 0.481 e. The molecule has 0 amide bonds. The van der Waals surface area contributed by atoms with Gasteiger partial charge in [0.2, 0.25) is 5.78 Å². The summed E-state index contributed by atoms with van der Waals surface area (Å²) in [5.74, 6) is -2.64. The third-order valence-electron chi connectivity index (χ3n) is 8.24. The number of rotatable bonds is 30. The van der Waals surface area contributed by atoms with Gasteiger partial charge in [0.05, 0.1) is 21.1 Å². The van der Waals surface area contributed by atoms with Gasteiger partial charge in [-0.05, 0) is 32.4 Å². The molecular weight excluding hydrogens is 516 g/mol. The minimum Gasteiger partial charge on any atom is -0.481 e. The van der Waals surface area contributed by atoms with Crippen LogP contribution in [0.5, 0.6) is 0 Å². The van der Waals surface area contributed by atoms with Crippen molar-refractivity contribution in [2.24, 2.45) is 0 Å². The molecule has 2 N–H and O–H groups in total. The second-order valence-corrected chi connectivity index (χ2v) is 13.3. The second-order valence-electron chi connectivity index (χ2n) is 13.3. The predicted molar refractivity (Wildman–Crippen MR) is 170 cm³/mol. The normalized spacial score (nSPS) is 13.4. The Hall–Kier alpha value is -1.47. The van der Waals surface area contributed by atoms with E-state index in [2.05, 4.69) is 13.8 Å². The van der Waals surface area contributed by atoms with Gasteiger partial charge in [0, 0.05) is 6.42 Å². The highest BCUT2D eigenvalue weighted by molar-refractivity contribution is 6.08. The molecule has 7 heteroatoms. The number of carboxylic acids is 2. The SMILES string of the molecule is CCCCCCCCCCCCN(CCCCCCCCCCCC)[C@](CCC(=O)O)(C(=O)O)C(=O)C[N+](C)(C)C. The van der Waals surface area contributed by atoms with Crippen molar-refractivity contribution in [3.05, 3.63) is 0 Å². The fourth-order valence-corrected chi connectivity index (χ4v) is 5.76. The highest BCUT2D eigenvalue weighted by Gasteiger charge is 2.52. The summed E-state index contributed by atoms with van der Waals surface area (Å²) in [6.07, 6.45) is 23.2. The monoisotopic (exact) mass is 584 g/mol. The lowest BCUT2D eigenvalue weighted by molar-refractivity contribution is -0.862. The Balaban J connectivity index is 5.27. The molecule has 0 bridgehead atoms. The molecule has 0 saturated carbocycles. The fraction of sp³-hybridized carbons (Fsp3) is 0.912. The second kappa shape index (κ2) is 24.0. The van der Waals surface area contributed by atoms with E-state index in [1.54, 1.807) is 0 Å². The number of carboxylic acid groups (broad SMARTS) is 2. The Morgan fingerprint density at radius 2 is 0.927 bits per heavy atom. The number of ketones is 1. The van der Waals surface area contributed by atoms with E-state index in [1.165, 1.54) is 89.9 Å². The molecule has 0 aliphatic rings. The zero-order chi connectivity index (χ0) is 31.0. The standard InChI is InChI=1S/C34H66N2O5/c1-6-8-10-12-14-16-18-20-22-24-28-35(29-25-23-21-19-17-15-13-11-9-7-2)34(33(40)41,27-26-32(38)39)31(37)30-36(3,4)5/h6-30H2,1-5H3,(H-,38,39,40,41)/p+1/t34-/m0/s1. The molecule has 0 aromatic rings. The number of aliphatic carboxylic acids is 2. The minimum atomic E-state index is -1.79. The molecule has 7 nitrogen and oxygen atoms in total. The van der Waals surface area contributed by atoms with Crippen molar-refractivity contribution in [2.45, 2.75) is 161 Å². The average molecular weight is 584 g/mol.